The second-order valence-corrected chi connectivity index (χ2v) is 9.19. The normalized spacial score (nSPS) is 26.2. The highest BCUT2D eigenvalue weighted by Gasteiger charge is 2.42. The molecule has 0 bridgehead atoms. The van der Waals surface area contributed by atoms with Gasteiger partial charge in [0, 0.05) is 42.1 Å². The Balaban J connectivity index is 1.69. The van der Waals surface area contributed by atoms with E-state index < -0.39 is 11.7 Å². The number of hydrogen-bond acceptors (Lipinski definition) is 5. The topological polar surface area (TPSA) is 90.5 Å². The summed E-state index contributed by atoms with van der Waals surface area (Å²) in [6.07, 6.45) is 1.60. The minimum absolute atomic E-state index is 0.00533. The Morgan fingerprint density at radius 3 is 2.83 bits per heavy atom. The number of aromatic nitrogens is 1. The molecule has 2 aliphatic rings. The van der Waals surface area contributed by atoms with Gasteiger partial charge in [0.2, 0.25) is 0 Å². The molecule has 4 rings (SSSR count). The molecular formula is C23H30N4O3. The van der Waals surface area contributed by atoms with E-state index in [1.165, 1.54) is 11.3 Å². The number of nitrogens with one attached hydrogen (secondary N) is 1. The number of likely N-dealkylation sites (tertiary alicyclic amines) is 1. The fourth-order valence-corrected chi connectivity index (χ4v) is 4.99. The average molecular weight is 411 g/mol. The number of ether oxygens (including phenoxy) is 1. The fraction of sp³-hybridized carbons (Fsp3) is 0.565. The standard InChI is InChI=1S/C23H30N4O3/c1-14(2)30-22(28)25-16-10-18-17-9-15(12-24)5-6-19(17)27(20(18)11-16)13-21-23(3,29)7-8-26(21)4/h5-6,9,14,16,21,29H,7-8,10-11,13H2,1-4H3,(H,25,28)/t16-,21+,23-/m0/s1. The molecule has 2 aromatic rings. The van der Waals surface area contributed by atoms with Crippen LogP contribution in [0.3, 0.4) is 0 Å². The van der Waals surface area contributed by atoms with Gasteiger partial charge in [-0.1, -0.05) is 0 Å². The summed E-state index contributed by atoms with van der Waals surface area (Å²) in [5, 5.41) is 24.3. The van der Waals surface area contributed by atoms with Crippen LogP contribution < -0.4 is 5.32 Å². The van der Waals surface area contributed by atoms with Gasteiger partial charge in [0.15, 0.2) is 0 Å². The first-order chi connectivity index (χ1) is 14.2. The molecule has 2 N–H and O–H groups in total. The molecule has 0 unspecified atom stereocenters. The molecule has 1 saturated heterocycles. The summed E-state index contributed by atoms with van der Waals surface area (Å²) in [6, 6.07) is 7.99. The third-order valence-electron chi connectivity index (χ3n) is 6.55. The fourth-order valence-electron chi connectivity index (χ4n) is 4.99. The van der Waals surface area contributed by atoms with Gasteiger partial charge in [-0.3, -0.25) is 4.90 Å². The van der Waals surface area contributed by atoms with Crippen molar-refractivity contribution in [1.29, 1.82) is 5.26 Å². The van der Waals surface area contributed by atoms with Gasteiger partial charge in [0.25, 0.3) is 0 Å². The molecule has 0 spiro atoms. The molecule has 1 aliphatic heterocycles. The minimum Gasteiger partial charge on any atom is -0.447 e. The number of likely N-dealkylation sites (N-methyl/N-ethyl adjacent to an activating group) is 1. The van der Waals surface area contributed by atoms with Crippen LogP contribution in [0.1, 0.15) is 44.0 Å². The third kappa shape index (κ3) is 3.66. The van der Waals surface area contributed by atoms with Crippen molar-refractivity contribution in [2.75, 3.05) is 13.6 Å². The van der Waals surface area contributed by atoms with Crippen molar-refractivity contribution in [1.82, 2.24) is 14.8 Å². The Morgan fingerprint density at radius 1 is 1.43 bits per heavy atom. The highest BCUT2D eigenvalue weighted by Crippen LogP contribution is 2.36. The Hall–Kier alpha value is -2.56. The molecule has 1 aliphatic carbocycles. The third-order valence-corrected chi connectivity index (χ3v) is 6.55. The number of nitrogens with zero attached hydrogens (tertiary/aromatic N) is 3. The number of benzene rings is 1. The van der Waals surface area contributed by atoms with E-state index in [1.807, 2.05) is 39.0 Å². The smallest absolute Gasteiger partial charge is 0.407 e. The summed E-state index contributed by atoms with van der Waals surface area (Å²) in [4.78, 5) is 14.3. The number of carbonyl (C=O) groups is 1. The van der Waals surface area contributed by atoms with E-state index in [0.29, 0.717) is 24.9 Å². The Labute approximate surface area is 177 Å². The van der Waals surface area contributed by atoms with E-state index in [9.17, 15) is 15.2 Å². The number of alkyl carbamates (subject to hydrolysis) is 1. The van der Waals surface area contributed by atoms with Gasteiger partial charge >= 0.3 is 6.09 Å². The van der Waals surface area contributed by atoms with Gasteiger partial charge in [-0.2, -0.15) is 5.26 Å². The molecule has 1 aromatic heterocycles. The zero-order chi connectivity index (χ0) is 21.6. The van der Waals surface area contributed by atoms with Gasteiger partial charge in [0.1, 0.15) is 0 Å². The Morgan fingerprint density at radius 2 is 2.20 bits per heavy atom. The van der Waals surface area contributed by atoms with Crippen molar-refractivity contribution in [2.45, 2.75) is 70.4 Å². The zero-order valence-corrected chi connectivity index (χ0v) is 18.1. The predicted molar refractivity (Wildman–Crippen MR) is 114 cm³/mol. The van der Waals surface area contributed by atoms with Gasteiger partial charge in [-0.25, -0.2) is 4.79 Å². The number of hydrogen-bond donors (Lipinski definition) is 2. The summed E-state index contributed by atoms with van der Waals surface area (Å²) in [5.41, 5.74) is 3.31. The average Bonchev–Trinajstić information content (AvgIpc) is 3.27. The summed E-state index contributed by atoms with van der Waals surface area (Å²) in [6.45, 7) is 7.11. The number of nitriles is 1. The molecule has 1 aromatic carbocycles. The van der Waals surface area contributed by atoms with Crippen molar-refractivity contribution in [3.63, 3.8) is 0 Å². The van der Waals surface area contributed by atoms with Crippen molar-refractivity contribution < 1.29 is 14.6 Å². The molecule has 30 heavy (non-hydrogen) atoms. The predicted octanol–water partition coefficient (Wildman–Crippen LogP) is 2.57. The number of rotatable bonds is 4. The summed E-state index contributed by atoms with van der Waals surface area (Å²) in [7, 11) is 2.05. The molecule has 1 amide bonds. The van der Waals surface area contributed by atoms with E-state index in [1.54, 1.807) is 0 Å². The van der Waals surface area contributed by atoms with Gasteiger partial charge in [0.05, 0.1) is 29.4 Å². The lowest BCUT2D eigenvalue weighted by Crippen LogP contribution is -2.44. The maximum Gasteiger partial charge on any atom is 0.407 e. The molecule has 7 nitrogen and oxygen atoms in total. The van der Waals surface area contributed by atoms with E-state index in [-0.39, 0.29) is 18.2 Å². The molecule has 160 valence electrons. The number of carbonyl (C=O) groups excluding carboxylic acids is 1. The number of fused-ring (bicyclic) bond motifs is 3. The van der Waals surface area contributed by atoms with Gasteiger partial charge in [-0.15, -0.1) is 0 Å². The second kappa shape index (κ2) is 7.60. The molecule has 0 radical (unpaired) electrons. The lowest BCUT2D eigenvalue weighted by Gasteiger charge is -2.31. The van der Waals surface area contributed by atoms with Crippen LogP contribution in [0, 0.1) is 11.3 Å². The highest BCUT2D eigenvalue weighted by atomic mass is 16.6. The monoisotopic (exact) mass is 410 g/mol. The summed E-state index contributed by atoms with van der Waals surface area (Å²) < 4.78 is 7.53. The molecular weight excluding hydrogens is 380 g/mol. The molecule has 2 heterocycles. The Bertz CT molecular complexity index is 1020. The van der Waals surface area contributed by atoms with Crippen LogP contribution in [0.4, 0.5) is 4.79 Å². The number of aliphatic hydroxyl groups is 1. The molecule has 0 saturated carbocycles. The Kier molecular flexibility index (Phi) is 5.25. The first-order valence-corrected chi connectivity index (χ1v) is 10.6. The van der Waals surface area contributed by atoms with E-state index in [4.69, 9.17) is 4.74 Å². The van der Waals surface area contributed by atoms with Crippen LogP contribution in [0.2, 0.25) is 0 Å². The maximum atomic E-state index is 12.1. The van der Waals surface area contributed by atoms with Crippen molar-refractivity contribution in [2.24, 2.45) is 0 Å². The van der Waals surface area contributed by atoms with Crippen LogP contribution in [-0.4, -0.2) is 58.0 Å². The lowest BCUT2D eigenvalue weighted by molar-refractivity contribution is 0.0190. The van der Waals surface area contributed by atoms with E-state index >= 15 is 0 Å². The van der Waals surface area contributed by atoms with Crippen LogP contribution in [0.15, 0.2) is 18.2 Å². The summed E-state index contributed by atoms with van der Waals surface area (Å²) in [5.74, 6) is 0. The highest BCUT2D eigenvalue weighted by molar-refractivity contribution is 5.88. The molecule has 3 atom stereocenters. The number of amides is 1. The van der Waals surface area contributed by atoms with Gasteiger partial charge < -0.3 is 19.7 Å². The zero-order valence-electron chi connectivity index (χ0n) is 18.1. The quantitative estimate of drug-likeness (QED) is 0.809. The lowest BCUT2D eigenvalue weighted by atomic mass is 9.97. The maximum absolute atomic E-state index is 12.1. The van der Waals surface area contributed by atoms with Crippen molar-refractivity contribution >= 4 is 17.0 Å². The minimum atomic E-state index is -0.748. The first kappa shape index (κ1) is 20.7. The SMILES string of the molecule is CC(C)OC(=O)N[C@H]1Cc2c(n(C[C@H]3N(C)CC[C@]3(C)O)c3ccc(C#N)cc23)C1. The van der Waals surface area contributed by atoms with Crippen LogP contribution in [0.25, 0.3) is 10.9 Å². The van der Waals surface area contributed by atoms with Crippen molar-refractivity contribution in [3.8, 4) is 6.07 Å². The van der Waals surface area contributed by atoms with Crippen molar-refractivity contribution in [3.05, 3.63) is 35.0 Å². The molecule has 7 heteroatoms. The van der Waals surface area contributed by atoms with E-state index in [0.717, 1.165) is 23.9 Å². The van der Waals surface area contributed by atoms with Gasteiger partial charge in [-0.05, 0) is 64.4 Å². The van der Waals surface area contributed by atoms with Crippen LogP contribution >= 0.6 is 0 Å². The summed E-state index contributed by atoms with van der Waals surface area (Å²) >= 11 is 0. The second-order valence-electron chi connectivity index (χ2n) is 9.19. The largest absolute Gasteiger partial charge is 0.447 e. The van der Waals surface area contributed by atoms with Crippen LogP contribution in [-0.2, 0) is 24.1 Å². The molecule has 1 fully saturated rings. The first-order valence-electron chi connectivity index (χ1n) is 10.6. The van der Waals surface area contributed by atoms with Crippen LogP contribution in [0.5, 0.6) is 0 Å². The van der Waals surface area contributed by atoms with E-state index in [2.05, 4.69) is 27.9 Å².